The van der Waals surface area contributed by atoms with E-state index in [4.69, 9.17) is 0 Å². The number of rotatable bonds is 4. The van der Waals surface area contributed by atoms with E-state index in [9.17, 15) is 0 Å². The summed E-state index contributed by atoms with van der Waals surface area (Å²) in [6, 6.07) is 10.9. The summed E-state index contributed by atoms with van der Waals surface area (Å²) in [5.74, 6) is 0. The molecule has 0 unspecified atom stereocenters. The molecule has 0 spiro atoms. The monoisotopic (exact) mass is 294 g/mol. The van der Waals surface area contributed by atoms with Crippen molar-refractivity contribution in [2.45, 2.75) is 26.9 Å². The molecule has 2 heterocycles. The maximum atomic E-state index is 4.55. The van der Waals surface area contributed by atoms with Crippen LogP contribution in [0.1, 0.15) is 22.4 Å². The van der Waals surface area contributed by atoms with Gasteiger partial charge in [-0.25, -0.2) is 4.98 Å². The number of aryl methyl sites for hydroxylation is 3. The fourth-order valence-corrected chi connectivity index (χ4v) is 2.81. The van der Waals surface area contributed by atoms with Crippen molar-refractivity contribution in [1.29, 1.82) is 0 Å². The van der Waals surface area contributed by atoms with Crippen LogP contribution in [0, 0.1) is 13.8 Å². The van der Waals surface area contributed by atoms with Crippen LogP contribution in [-0.4, -0.2) is 26.7 Å². The molecule has 0 amide bonds. The lowest BCUT2D eigenvalue weighted by molar-refractivity contribution is 0.319. The lowest BCUT2D eigenvalue weighted by Gasteiger charge is -2.17. The third kappa shape index (κ3) is 3.02. The second-order valence-corrected chi connectivity index (χ2v) is 6.08. The molecule has 0 N–H and O–H groups in total. The quantitative estimate of drug-likeness (QED) is 0.741. The molecule has 22 heavy (non-hydrogen) atoms. The van der Waals surface area contributed by atoms with Gasteiger partial charge in [0, 0.05) is 31.7 Å². The lowest BCUT2D eigenvalue weighted by Crippen LogP contribution is -2.17. The highest BCUT2D eigenvalue weighted by Crippen LogP contribution is 2.17. The van der Waals surface area contributed by atoms with Gasteiger partial charge in [0.2, 0.25) is 0 Å². The van der Waals surface area contributed by atoms with E-state index in [1.54, 1.807) is 0 Å². The Bertz CT molecular complexity index is 787. The number of benzene rings is 1. The number of aromatic nitrogens is 3. The molecule has 4 heteroatoms. The first-order valence-corrected chi connectivity index (χ1v) is 7.55. The molecular formula is C18H22N4. The Morgan fingerprint density at radius 3 is 2.45 bits per heavy atom. The summed E-state index contributed by atoms with van der Waals surface area (Å²) >= 11 is 0. The van der Waals surface area contributed by atoms with Gasteiger partial charge in [-0.3, -0.25) is 9.58 Å². The minimum absolute atomic E-state index is 0.880. The van der Waals surface area contributed by atoms with Gasteiger partial charge in [-0.15, -0.1) is 0 Å². The van der Waals surface area contributed by atoms with Gasteiger partial charge in [-0.2, -0.15) is 5.10 Å². The zero-order valence-electron chi connectivity index (χ0n) is 13.7. The van der Waals surface area contributed by atoms with Crippen LogP contribution in [0.25, 0.3) is 11.0 Å². The van der Waals surface area contributed by atoms with E-state index in [0.29, 0.717) is 0 Å². The maximum absolute atomic E-state index is 4.55. The molecule has 0 aliphatic heterocycles. The van der Waals surface area contributed by atoms with Crippen molar-refractivity contribution in [2.75, 3.05) is 7.05 Å². The number of hydrogen-bond donors (Lipinski definition) is 0. The van der Waals surface area contributed by atoms with Crippen LogP contribution < -0.4 is 0 Å². The van der Waals surface area contributed by atoms with Crippen molar-refractivity contribution in [2.24, 2.45) is 7.05 Å². The molecule has 114 valence electrons. The van der Waals surface area contributed by atoms with Gasteiger partial charge in [-0.1, -0.05) is 29.8 Å². The predicted molar refractivity (Wildman–Crippen MR) is 89.6 cm³/mol. The van der Waals surface area contributed by atoms with Crippen molar-refractivity contribution >= 4 is 11.0 Å². The molecule has 0 bridgehead atoms. The van der Waals surface area contributed by atoms with Gasteiger partial charge in [0.05, 0.1) is 5.69 Å². The Morgan fingerprint density at radius 2 is 1.73 bits per heavy atom. The summed E-state index contributed by atoms with van der Waals surface area (Å²) in [6.45, 7) is 5.96. The Hall–Kier alpha value is -2.20. The molecule has 3 rings (SSSR count). The topological polar surface area (TPSA) is 34.0 Å². The molecule has 0 atom stereocenters. The molecule has 2 aromatic heterocycles. The largest absolute Gasteiger partial charge is 0.298 e. The average molecular weight is 294 g/mol. The SMILES string of the molecule is Cc1ccc(CN(C)Cc2cnc3c(c2)c(C)nn3C)cc1. The standard InChI is InChI=1S/C18H22N4/c1-13-5-7-15(8-6-13)11-21(3)12-16-9-17-14(2)20-22(4)18(17)19-10-16/h5-10H,11-12H2,1-4H3. The Balaban J connectivity index is 1.74. The Labute approximate surface area is 131 Å². The molecule has 3 aromatic rings. The van der Waals surface area contributed by atoms with Gasteiger partial charge in [0.1, 0.15) is 0 Å². The zero-order valence-corrected chi connectivity index (χ0v) is 13.7. The fourth-order valence-electron chi connectivity index (χ4n) is 2.81. The molecule has 0 aliphatic rings. The predicted octanol–water partition coefficient (Wildman–Crippen LogP) is 3.22. The normalized spacial score (nSPS) is 11.5. The fraction of sp³-hybridized carbons (Fsp3) is 0.333. The summed E-state index contributed by atoms with van der Waals surface area (Å²) in [7, 11) is 4.08. The van der Waals surface area contributed by atoms with E-state index in [0.717, 1.165) is 29.8 Å². The molecule has 0 fully saturated rings. The molecule has 4 nitrogen and oxygen atoms in total. The van der Waals surface area contributed by atoms with Gasteiger partial charge < -0.3 is 0 Å². The summed E-state index contributed by atoms with van der Waals surface area (Å²) < 4.78 is 1.84. The third-order valence-corrected chi connectivity index (χ3v) is 3.95. The van der Waals surface area contributed by atoms with Crippen molar-refractivity contribution in [3.05, 3.63) is 58.9 Å². The van der Waals surface area contributed by atoms with E-state index >= 15 is 0 Å². The van der Waals surface area contributed by atoms with Crippen molar-refractivity contribution in [3.63, 3.8) is 0 Å². The lowest BCUT2D eigenvalue weighted by atomic mass is 10.1. The molecule has 0 saturated heterocycles. The Morgan fingerprint density at radius 1 is 1.05 bits per heavy atom. The van der Waals surface area contributed by atoms with E-state index in [-0.39, 0.29) is 0 Å². The second-order valence-electron chi connectivity index (χ2n) is 6.08. The van der Waals surface area contributed by atoms with Crippen molar-refractivity contribution in [3.8, 4) is 0 Å². The van der Waals surface area contributed by atoms with Gasteiger partial charge in [0.25, 0.3) is 0 Å². The molecule has 0 saturated carbocycles. The first-order chi connectivity index (χ1) is 10.5. The van der Waals surface area contributed by atoms with E-state index < -0.39 is 0 Å². The van der Waals surface area contributed by atoms with Crippen LogP contribution in [0.15, 0.2) is 36.5 Å². The van der Waals surface area contributed by atoms with Crippen LogP contribution in [0.3, 0.4) is 0 Å². The molecular weight excluding hydrogens is 272 g/mol. The minimum atomic E-state index is 0.880. The summed E-state index contributed by atoms with van der Waals surface area (Å²) in [4.78, 5) is 6.85. The van der Waals surface area contributed by atoms with Gasteiger partial charge >= 0.3 is 0 Å². The average Bonchev–Trinajstić information content (AvgIpc) is 2.76. The highest BCUT2D eigenvalue weighted by atomic mass is 15.3. The second kappa shape index (κ2) is 5.89. The van der Waals surface area contributed by atoms with Crippen molar-refractivity contribution in [1.82, 2.24) is 19.7 Å². The zero-order chi connectivity index (χ0) is 15.7. The first-order valence-electron chi connectivity index (χ1n) is 7.55. The van der Waals surface area contributed by atoms with Crippen LogP contribution in [-0.2, 0) is 20.1 Å². The molecule has 0 radical (unpaired) electrons. The number of fused-ring (bicyclic) bond motifs is 1. The third-order valence-electron chi connectivity index (χ3n) is 3.95. The van der Waals surface area contributed by atoms with Crippen LogP contribution in [0.2, 0.25) is 0 Å². The highest BCUT2D eigenvalue weighted by Gasteiger charge is 2.08. The first kappa shape index (κ1) is 14.7. The molecule has 1 aromatic carbocycles. The minimum Gasteiger partial charge on any atom is -0.298 e. The van der Waals surface area contributed by atoms with Gasteiger partial charge in [-0.05, 0) is 38.1 Å². The van der Waals surface area contributed by atoms with Gasteiger partial charge in [0.15, 0.2) is 5.65 Å². The highest BCUT2D eigenvalue weighted by molar-refractivity contribution is 5.78. The maximum Gasteiger partial charge on any atom is 0.157 e. The van der Waals surface area contributed by atoms with E-state index in [2.05, 4.69) is 59.3 Å². The summed E-state index contributed by atoms with van der Waals surface area (Å²) in [5.41, 5.74) is 5.83. The van der Waals surface area contributed by atoms with Crippen LogP contribution in [0.5, 0.6) is 0 Å². The molecule has 0 aliphatic carbocycles. The van der Waals surface area contributed by atoms with E-state index in [1.807, 2.05) is 24.9 Å². The van der Waals surface area contributed by atoms with E-state index in [1.165, 1.54) is 16.7 Å². The summed E-state index contributed by atoms with van der Waals surface area (Å²) in [5, 5.41) is 5.57. The Kier molecular flexibility index (Phi) is 3.94. The number of hydrogen-bond acceptors (Lipinski definition) is 3. The summed E-state index contributed by atoms with van der Waals surface area (Å²) in [6.07, 6.45) is 1.95. The van der Waals surface area contributed by atoms with Crippen LogP contribution >= 0.6 is 0 Å². The van der Waals surface area contributed by atoms with Crippen LogP contribution in [0.4, 0.5) is 0 Å². The number of pyridine rings is 1. The smallest absolute Gasteiger partial charge is 0.157 e. The van der Waals surface area contributed by atoms with Crippen molar-refractivity contribution < 1.29 is 0 Å². The number of nitrogens with zero attached hydrogens (tertiary/aromatic N) is 4.